The molecular formula is C13H12ClF2N5. The second kappa shape index (κ2) is 5.40. The molecule has 0 radical (unpaired) electrons. The highest BCUT2D eigenvalue weighted by molar-refractivity contribution is 6.16. The molecule has 0 unspecified atom stereocenters. The number of benzene rings is 1. The van der Waals surface area contributed by atoms with E-state index in [0.717, 1.165) is 6.07 Å². The third-order valence-electron chi connectivity index (χ3n) is 3.18. The van der Waals surface area contributed by atoms with Gasteiger partial charge < -0.3 is 4.57 Å². The fourth-order valence-corrected chi connectivity index (χ4v) is 2.46. The van der Waals surface area contributed by atoms with Crippen LogP contribution in [0, 0.1) is 11.6 Å². The van der Waals surface area contributed by atoms with E-state index < -0.39 is 11.6 Å². The van der Waals surface area contributed by atoms with Crippen molar-refractivity contribution in [3.8, 4) is 0 Å². The molecule has 110 valence electrons. The zero-order valence-corrected chi connectivity index (χ0v) is 12.0. The Kier molecular flexibility index (Phi) is 3.59. The molecule has 3 rings (SSSR count). The minimum Gasteiger partial charge on any atom is -0.326 e. The summed E-state index contributed by atoms with van der Waals surface area (Å²) in [5.74, 6) is -0.0704. The fraction of sp³-hybridized carbons (Fsp3) is 0.308. The number of aryl methyl sites for hydroxylation is 3. The number of aromatic nitrogens is 5. The van der Waals surface area contributed by atoms with E-state index in [1.54, 1.807) is 22.6 Å². The van der Waals surface area contributed by atoms with Gasteiger partial charge in [-0.15, -0.1) is 11.6 Å². The van der Waals surface area contributed by atoms with Crippen molar-refractivity contribution in [2.24, 2.45) is 7.05 Å². The van der Waals surface area contributed by atoms with Crippen LogP contribution >= 0.6 is 11.6 Å². The lowest BCUT2D eigenvalue weighted by atomic mass is 10.3. The lowest BCUT2D eigenvalue weighted by molar-refractivity contribution is 0.589. The summed E-state index contributed by atoms with van der Waals surface area (Å²) in [7, 11) is 1.78. The minimum atomic E-state index is -0.689. The standard InChI is InChI=1S/C13H12ClF2N5/c1-20-7-17-11(19-20)2-3-21-10-5-8(15)4-9(16)13(10)18-12(21)6-14/h4-5,7H,2-3,6H2,1H3. The van der Waals surface area contributed by atoms with Gasteiger partial charge in [0, 0.05) is 26.1 Å². The number of hydrogen-bond acceptors (Lipinski definition) is 3. The molecule has 0 bridgehead atoms. The minimum absolute atomic E-state index is 0.116. The Morgan fingerprint density at radius 1 is 1.29 bits per heavy atom. The summed E-state index contributed by atoms with van der Waals surface area (Å²) in [5.41, 5.74) is 0.514. The number of alkyl halides is 1. The predicted octanol–water partition coefficient (Wildman–Crippen LogP) is 2.42. The SMILES string of the molecule is Cn1cnc(CCn2c(CCl)nc3c(F)cc(F)cc32)n1. The highest BCUT2D eigenvalue weighted by Gasteiger charge is 2.15. The molecule has 0 saturated carbocycles. The second-order valence-corrected chi connectivity index (χ2v) is 4.92. The van der Waals surface area contributed by atoms with Crippen molar-refractivity contribution < 1.29 is 8.78 Å². The zero-order chi connectivity index (χ0) is 15.0. The molecule has 3 aromatic rings. The van der Waals surface area contributed by atoms with Crippen molar-refractivity contribution in [2.75, 3.05) is 0 Å². The molecule has 0 N–H and O–H groups in total. The molecule has 0 saturated heterocycles. The Morgan fingerprint density at radius 3 is 2.76 bits per heavy atom. The summed E-state index contributed by atoms with van der Waals surface area (Å²) in [4.78, 5) is 8.26. The molecule has 1 aromatic carbocycles. The maximum atomic E-state index is 13.8. The van der Waals surface area contributed by atoms with Gasteiger partial charge in [0.15, 0.2) is 11.6 Å². The van der Waals surface area contributed by atoms with Gasteiger partial charge in [-0.1, -0.05) is 0 Å². The number of imidazole rings is 1. The molecule has 8 heteroatoms. The summed E-state index contributed by atoms with van der Waals surface area (Å²) >= 11 is 5.85. The zero-order valence-electron chi connectivity index (χ0n) is 11.2. The monoisotopic (exact) mass is 311 g/mol. The van der Waals surface area contributed by atoms with E-state index in [1.807, 2.05) is 0 Å². The molecule has 0 spiro atoms. The van der Waals surface area contributed by atoms with Crippen LogP contribution in [0.5, 0.6) is 0 Å². The van der Waals surface area contributed by atoms with Gasteiger partial charge in [-0.2, -0.15) is 5.10 Å². The molecule has 0 amide bonds. The normalized spacial score (nSPS) is 11.4. The Morgan fingerprint density at radius 2 is 2.10 bits per heavy atom. The van der Waals surface area contributed by atoms with Gasteiger partial charge in [-0.3, -0.25) is 4.68 Å². The van der Waals surface area contributed by atoms with E-state index in [-0.39, 0.29) is 11.4 Å². The molecule has 0 aliphatic heterocycles. The van der Waals surface area contributed by atoms with Gasteiger partial charge in [-0.05, 0) is 6.07 Å². The van der Waals surface area contributed by atoms with E-state index in [0.29, 0.717) is 30.1 Å². The maximum absolute atomic E-state index is 13.8. The van der Waals surface area contributed by atoms with Gasteiger partial charge in [0.25, 0.3) is 0 Å². The first-order valence-corrected chi connectivity index (χ1v) is 6.86. The van der Waals surface area contributed by atoms with Crippen molar-refractivity contribution in [3.63, 3.8) is 0 Å². The highest BCUT2D eigenvalue weighted by atomic mass is 35.5. The summed E-state index contributed by atoms with van der Waals surface area (Å²) < 4.78 is 30.5. The molecular weight excluding hydrogens is 300 g/mol. The lowest BCUT2D eigenvalue weighted by Gasteiger charge is -2.06. The molecule has 0 atom stereocenters. The Bertz CT molecular complexity index is 795. The average Bonchev–Trinajstić information content (AvgIpc) is 3.00. The number of rotatable bonds is 4. The highest BCUT2D eigenvalue weighted by Crippen LogP contribution is 2.22. The van der Waals surface area contributed by atoms with E-state index in [9.17, 15) is 8.78 Å². The third-order valence-corrected chi connectivity index (χ3v) is 3.42. The van der Waals surface area contributed by atoms with Gasteiger partial charge in [-0.25, -0.2) is 18.7 Å². The topological polar surface area (TPSA) is 48.5 Å². The van der Waals surface area contributed by atoms with Crippen molar-refractivity contribution in [1.82, 2.24) is 24.3 Å². The Balaban J connectivity index is 1.99. The van der Waals surface area contributed by atoms with E-state index in [2.05, 4.69) is 15.1 Å². The molecule has 2 heterocycles. The first kappa shape index (κ1) is 13.9. The Hall–Kier alpha value is -2.02. The number of nitrogens with zero attached hydrogens (tertiary/aromatic N) is 5. The average molecular weight is 312 g/mol. The van der Waals surface area contributed by atoms with Gasteiger partial charge in [0.2, 0.25) is 0 Å². The van der Waals surface area contributed by atoms with Crippen LogP contribution in [0.15, 0.2) is 18.5 Å². The first-order chi connectivity index (χ1) is 10.1. The van der Waals surface area contributed by atoms with Crippen LogP contribution in [0.2, 0.25) is 0 Å². The molecule has 0 aliphatic rings. The molecule has 5 nitrogen and oxygen atoms in total. The van der Waals surface area contributed by atoms with E-state index >= 15 is 0 Å². The lowest BCUT2D eigenvalue weighted by Crippen LogP contribution is -2.06. The summed E-state index contributed by atoms with van der Waals surface area (Å²) in [6, 6.07) is 2.07. The van der Waals surface area contributed by atoms with Crippen molar-refractivity contribution in [1.29, 1.82) is 0 Å². The van der Waals surface area contributed by atoms with Gasteiger partial charge >= 0.3 is 0 Å². The smallest absolute Gasteiger partial charge is 0.153 e. The van der Waals surface area contributed by atoms with Gasteiger partial charge in [0.1, 0.15) is 23.5 Å². The largest absolute Gasteiger partial charge is 0.326 e. The van der Waals surface area contributed by atoms with Crippen LogP contribution in [-0.4, -0.2) is 24.3 Å². The van der Waals surface area contributed by atoms with E-state index in [1.165, 1.54) is 6.07 Å². The van der Waals surface area contributed by atoms with Crippen molar-refractivity contribution >= 4 is 22.6 Å². The first-order valence-electron chi connectivity index (χ1n) is 6.33. The third kappa shape index (κ3) is 2.61. The van der Waals surface area contributed by atoms with Crippen LogP contribution in [0.3, 0.4) is 0 Å². The van der Waals surface area contributed by atoms with Crippen LogP contribution in [0.1, 0.15) is 11.6 Å². The predicted molar refractivity (Wildman–Crippen MR) is 73.9 cm³/mol. The number of halogens is 3. The molecule has 0 fully saturated rings. The van der Waals surface area contributed by atoms with Crippen LogP contribution < -0.4 is 0 Å². The number of fused-ring (bicyclic) bond motifs is 1. The van der Waals surface area contributed by atoms with Gasteiger partial charge in [0.05, 0.1) is 11.4 Å². The quantitative estimate of drug-likeness (QED) is 0.695. The second-order valence-electron chi connectivity index (χ2n) is 4.65. The van der Waals surface area contributed by atoms with Crippen molar-refractivity contribution in [2.45, 2.75) is 18.8 Å². The van der Waals surface area contributed by atoms with Crippen LogP contribution in [-0.2, 0) is 25.9 Å². The molecule has 2 aromatic heterocycles. The van der Waals surface area contributed by atoms with Crippen LogP contribution in [0.4, 0.5) is 8.78 Å². The molecule has 0 aliphatic carbocycles. The summed E-state index contributed by atoms with van der Waals surface area (Å²) in [6.45, 7) is 0.450. The van der Waals surface area contributed by atoms with E-state index in [4.69, 9.17) is 11.6 Å². The van der Waals surface area contributed by atoms with Crippen molar-refractivity contribution in [3.05, 3.63) is 41.7 Å². The number of hydrogen-bond donors (Lipinski definition) is 0. The fourth-order valence-electron chi connectivity index (χ4n) is 2.26. The Labute approximate surface area is 124 Å². The summed E-state index contributed by atoms with van der Waals surface area (Å²) in [5, 5.41) is 4.17. The molecule has 21 heavy (non-hydrogen) atoms. The van der Waals surface area contributed by atoms with Crippen LogP contribution in [0.25, 0.3) is 11.0 Å². The summed E-state index contributed by atoms with van der Waals surface area (Å²) in [6.07, 6.45) is 2.12. The maximum Gasteiger partial charge on any atom is 0.153 e.